The van der Waals surface area contributed by atoms with Crippen molar-refractivity contribution in [2.45, 2.75) is 48.7 Å². The second kappa shape index (κ2) is 10.6. The lowest BCUT2D eigenvalue weighted by atomic mass is 9.95. The maximum atomic E-state index is 13.8. The van der Waals surface area contributed by atoms with E-state index in [9.17, 15) is 9.59 Å². The lowest BCUT2D eigenvalue weighted by Crippen LogP contribution is -2.68. The first-order valence-corrected chi connectivity index (χ1v) is 14.7. The zero-order chi connectivity index (χ0) is 26.2. The molecule has 2 aliphatic rings. The molecule has 1 fully saturated rings. The van der Waals surface area contributed by atoms with Crippen LogP contribution in [0.3, 0.4) is 0 Å². The van der Waals surface area contributed by atoms with Crippen molar-refractivity contribution in [1.29, 1.82) is 0 Å². The van der Waals surface area contributed by atoms with Crippen LogP contribution in [-0.4, -0.2) is 49.3 Å². The number of nitrogens with two attached hydrogens (primary N) is 1. The second-order valence-corrected chi connectivity index (χ2v) is 12.8. The van der Waals surface area contributed by atoms with Crippen molar-refractivity contribution in [3.63, 3.8) is 0 Å². The monoisotopic (exact) mass is 552 g/mol. The SMILES string of the molecule is CC(C)(C)c1snnc1SCC1=C(C(=O)OC(c2ccccc2)c2ccccc2)N2C(=O)C(N)C2SC1. The third-order valence-corrected chi connectivity index (χ3v) is 9.93. The molecule has 3 aromatic rings. The summed E-state index contributed by atoms with van der Waals surface area (Å²) >= 11 is 4.51. The molecule has 1 aromatic heterocycles. The molecule has 0 aliphatic carbocycles. The topological polar surface area (TPSA) is 98.4 Å². The largest absolute Gasteiger partial charge is 0.448 e. The number of aromatic nitrogens is 2. The van der Waals surface area contributed by atoms with E-state index in [1.165, 1.54) is 28.2 Å². The summed E-state index contributed by atoms with van der Waals surface area (Å²) in [6.07, 6.45) is -0.607. The van der Waals surface area contributed by atoms with Crippen molar-refractivity contribution in [2.75, 3.05) is 11.5 Å². The smallest absolute Gasteiger partial charge is 0.356 e. The molecule has 1 amide bonds. The highest BCUT2D eigenvalue weighted by Crippen LogP contribution is 2.43. The van der Waals surface area contributed by atoms with Gasteiger partial charge in [0.1, 0.15) is 22.1 Å². The Morgan fingerprint density at radius 2 is 1.76 bits per heavy atom. The maximum Gasteiger partial charge on any atom is 0.356 e. The van der Waals surface area contributed by atoms with Crippen LogP contribution in [0.15, 0.2) is 77.0 Å². The molecule has 0 bridgehead atoms. The molecule has 0 radical (unpaired) electrons. The van der Waals surface area contributed by atoms with Crippen molar-refractivity contribution in [3.8, 4) is 0 Å². The van der Waals surface area contributed by atoms with Gasteiger partial charge in [0.15, 0.2) is 6.10 Å². The number of hydrogen-bond donors (Lipinski definition) is 1. The third kappa shape index (κ3) is 5.20. The van der Waals surface area contributed by atoms with E-state index >= 15 is 0 Å². The van der Waals surface area contributed by atoms with Gasteiger partial charge in [0.05, 0.1) is 4.88 Å². The molecule has 2 atom stereocenters. The van der Waals surface area contributed by atoms with Gasteiger partial charge in [-0.05, 0) is 28.2 Å². The van der Waals surface area contributed by atoms with Crippen LogP contribution in [-0.2, 0) is 19.7 Å². The average molecular weight is 553 g/mol. The predicted molar refractivity (Wildman–Crippen MR) is 148 cm³/mol. The van der Waals surface area contributed by atoms with Crippen LogP contribution < -0.4 is 5.73 Å². The maximum absolute atomic E-state index is 13.8. The minimum atomic E-state index is -0.615. The van der Waals surface area contributed by atoms with Gasteiger partial charge in [-0.2, -0.15) is 0 Å². The first kappa shape index (κ1) is 26.0. The van der Waals surface area contributed by atoms with Gasteiger partial charge in [-0.1, -0.05) is 97.7 Å². The van der Waals surface area contributed by atoms with E-state index in [-0.39, 0.29) is 16.7 Å². The molecule has 0 saturated carbocycles. The Kier molecular flexibility index (Phi) is 7.44. The summed E-state index contributed by atoms with van der Waals surface area (Å²) in [6, 6.07) is 18.6. The molecule has 3 heterocycles. The molecule has 2 aromatic carbocycles. The summed E-state index contributed by atoms with van der Waals surface area (Å²) in [5.41, 5.74) is 8.85. The molecule has 1 saturated heterocycles. The first-order valence-electron chi connectivity index (χ1n) is 11.9. The van der Waals surface area contributed by atoms with Crippen LogP contribution in [0.5, 0.6) is 0 Å². The Morgan fingerprint density at radius 1 is 1.14 bits per heavy atom. The van der Waals surface area contributed by atoms with Crippen LogP contribution in [0.1, 0.15) is 42.9 Å². The number of fused-ring (bicyclic) bond motifs is 1. The number of ether oxygens (including phenoxy) is 1. The molecule has 0 spiro atoms. The van der Waals surface area contributed by atoms with Crippen LogP contribution in [0.4, 0.5) is 0 Å². The van der Waals surface area contributed by atoms with E-state index in [0.29, 0.717) is 17.2 Å². The normalized spacial score (nSPS) is 19.6. The van der Waals surface area contributed by atoms with E-state index < -0.39 is 18.1 Å². The van der Waals surface area contributed by atoms with Crippen molar-refractivity contribution < 1.29 is 14.3 Å². The fourth-order valence-corrected chi connectivity index (χ4v) is 7.76. The summed E-state index contributed by atoms with van der Waals surface area (Å²) in [6.45, 7) is 6.38. The first-order chi connectivity index (χ1) is 17.8. The zero-order valence-corrected chi connectivity index (χ0v) is 23.2. The average Bonchev–Trinajstić information content (AvgIpc) is 3.40. The number of carbonyl (C=O) groups excluding carboxylic acids is 2. The van der Waals surface area contributed by atoms with Crippen molar-refractivity contribution in [1.82, 2.24) is 14.5 Å². The number of carbonyl (C=O) groups is 2. The number of rotatable bonds is 7. The van der Waals surface area contributed by atoms with Crippen LogP contribution in [0, 0.1) is 0 Å². The highest BCUT2D eigenvalue weighted by Gasteiger charge is 2.52. The minimum absolute atomic E-state index is 0.0855. The van der Waals surface area contributed by atoms with Gasteiger partial charge in [0.2, 0.25) is 5.91 Å². The highest BCUT2D eigenvalue weighted by atomic mass is 32.2. The molecule has 2 N–H and O–H groups in total. The van der Waals surface area contributed by atoms with E-state index in [2.05, 4.69) is 30.4 Å². The van der Waals surface area contributed by atoms with Crippen LogP contribution in [0.2, 0.25) is 0 Å². The van der Waals surface area contributed by atoms with Crippen LogP contribution >= 0.6 is 35.1 Å². The molecule has 7 nitrogen and oxygen atoms in total. The Labute approximate surface area is 229 Å². The standard InChI is InChI=1S/C27H28N4O3S3/c1-27(2,3)22-23(29-30-37-22)35-14-18-15-36-25-19(28)24(32)31(25)20(18)26(33)34-21(16-10-6-4-7-11-16)17-12-8-5-9-13-17/h4-13,19,21,25H,14-15,28H2,1-3H3. The Morgan fingerprint density at radius 3 is 2.35 bits per heavy atom. The van der Waals surface area contributed by atoms with Gasteiger partial charge in [0.25, 0.3) is 0 Å². The van der Waals surface area contributed by atoms with E-state index in [1.54, 1.807) is 11.8 Å². The second-order valence-electron chi connectivity index (χ2n) is 9.94. The van der Waals surface area contributed by atoms with Crippen molar-refractivity contribution in [3.05, 3.63) is 87.9 Å². The van der Waals surface area contributed by atoms with Gasteiger partial charge in [0, 0.05) is 16.9 Å². The lowest BCUT2D eigenvalue weighted by Gasteiger charge is -2.48. The quantitative estimate of drug-likeness (QED) is 0.255. The third-order valence-electron chi connectivity index (χ3n) is 6.23. The van der Waals surface area contributed by atoms with Gasteiger partial charge in [-0.3, -0.25) is 9.69 Å². The summed E-state index contributed by atoms with van der Waals surface area (Å²) in [5, 5.41) is 4.91. The number of benzene rings is 2. The molecular weight excluding hydrogens is 525 g/mol. The van der Waals surface area contributed by atoms with Gasteiger partial charge < -0.3 is 10.5 Å². The van der Waals surface area contributed by atoms with Crippen LogP contribution in [0.25, 0.3) is 0 Å². The van der Waals surface area contributed by atoms with E-state index in [4.69, 9.17) is 10.5 Å². The number of hydrogen-bond acceptors (Lipinski definition) is 9. The Balaban J connectivity index is 1.47. The number of β-lactam (4-membered cyclic amide) rings is 1. The molecule has 2 aliphatic heterocycles. The Bertz CT molecular complexity index is 1280. The lowest BCUT2D eigenvalue weighted by molar-refractivity contribution is -0.153. The molecular formula is C27H28N4O3S3. The summed E-state index contributed by atoms with van der Waals surface area (Å²) in [4.78, 5) is 29.3. The molecule has 10 heteroatoms. The summed E-state index contributed by atoms with van der Waals surface area (Å²) in [7, 11) is 0. The minimum Gasteiger partial charge on any atom is -0.448 e. The molecule has 5 rings (SSSR count). The van der Waals surface area contributed by atoms with Gasteiger partial charge >= 0.3 is 5.97 Å². The summed E-state index contributed by atoms with van der Waals surface area (Å²) < 4.78 is 10.3. The predicted octanol–water partition coefficient (Wildman–Crippen LogP) is 4.76. The highest BCUT2D eigenvalue weighted by molar-refractivity contribution is 8.01. The number of thioether (sulfide) groups is 2. The van der Waals surface area contributed by atoms with Crippen molar-refractivity contribution >= 4 is 46.9 Å². The molecule has 37 heavy (non-hydrogen) atoms. The molecule has 192 valence electrons. The number of esters is 1. The van der Waals surface area contributed by atoms with E-state index in [1.807, 2.05) is 60.7 Å². The zero-order valence-electron chi connectivity index (χ0n) is 20.8. The van der Waals surface area contributed by atoms with Gasteiger partial charge in [-0.25, -0.2) is 4.79 Å². The van der Waals surface area contributed by atoms with E-state index in [0.717, 1.165) is 26.6 Å². The fraction of sp³-hybridized carbons (Fsp3) is 0.333. The Hall–Kier alpha value is -2.66. The number of nitrogens with zero attached hydrogens (tertiary/aromatic N) is 3. The van der Waals surface area contributed by atoms with Gasteiger partial charge in [-0.15, -0.1) is 16.9 Å². The fourth-order valence-electron chi connectivity index (χ4n) is 4.32. The summed E-state index contributed by atoms with van der Waals surface area (Å²) in [5.74, 6) is 0.308. The molecule has 2 unspecified atom stereocenters. The number of amides is 1. The van der Waals surface area contributed by atoms with Crippen molar-refractivity contribution in [2.24, 2.45) is 5.73 Å².